The summed E-state index contributed by atoms with van der Waals surface area (Å²) in [5.41, 5.74) is 1.87. The maximum absolute atomic E-state index is 14.1. The van der Waals surface area contributed by atoms with Crippen molar-refractivity contribution in [2.24, 2.45) is 5.41 Å². The molecule has 15 heteroatoms. The highest BCUT2D eigenvalue weighted by Gasteiger charge is 2.67. The molecule has 4 aromatic rings. The van der Waals surface area contributed by atoms with E-state index in [0.29, 0.717) is 40.0 Å². The second-order valence-corrected chi connectivity index (χ2v) is 14.6. The van der Waals surface area contributed by atoms with Gasteiger partial charge in [0.2, 0.25) is 11.8 Å². The first-order valence-electron chi connectivity index (χ1n) is 14.8. The van der Waals surface area contributed by atoms with Crippen LogP contribution in [0.3, 0.4) is 0 Å². The molecule has 0 bridgehead atoms. The van der Waals surface area contributed by atoms with E-state index in [-0.39, 0.29) is 43.2 Å². The third-order valence-electron chi connectivity index (χ3n) is 8.41. The van der Waals surface area contributed by atoms with Crippen molar-refractivity contribution in [3.8, 4) is 11.1 Å². The molecule has 1 N–H and O–H groups in total. The highest BCUT2D eigenvalue weighted by molar-refractivity contribution is 9.10. The first-order chi connectivity index (χ1) is 21.9. The van der Waals surface area contributed by atoms with Crippen molar-refractivity contribution in [3.05, 3.63) is 64.9 Å². The number of halogens is 1. The molecular formula is C31H33BrN7O6P. The number of fused-ring (bicyclic) bond motifs is 2. The molecule has 4 atom stereocenters. The molecule has 240 valence electrons. The zero-order valence-electron chi connectivity index (χ0n) is 25.8. The first-order valence-corrected chi connectivity index (χ1v) is 17.6. The summed E-state index contributed by atoms with van der Waals surface area (Å²) in [5, 5.41) is 7.96. The highest BCUT2D eigenvalue weighted by Crippen LogP contribution is 2.62. The van der Waals surface area contributed by atoms with E-state index >= 15 is 0 Å². The summed E-state index contributed by atoms with van der Waals surface area (Å²) >= 11 is 3.32. The number of pyridine rings is 1. The molecule has 0 spiro atoms. The number of nitrogens with one attached hydrogen (secondary N) is 1. The number of Topliss-reactive ketones (excluding diaryl/α,β-unsaturated/α-hetero) is 1. The highest BCUT2D eigenvalue weighted by atomic mass is 79.9. The van der Waals surface area contributed by atoms with Crippen molar-refractivity contribution < 1.29 is 28.0 Å². The van der Waals surface area contributed by atoms with Crippen LogP contribution in [0.15, 0.2) is 53.4 Å². The average Bonchev–Trinajstić information content (AvgIpc) is 3.43. The lowest BCUT2D eigenvalue weighted by molar-refractivity contribution is -0.138. The molecular weight excluding hydrogens is 677 g/mol. The zero-order valence-corrected chi connectivity index (χ0v) is 28.2. The van der Waals surface area contributed by atoms with E-state index in [2.05, 4.69) is 41.3 Å². The molecule has 46 heavy (non-hydrogen) atoms. The number of carbonyl (C=O) groups is 3. The lowest BCUT2D eigenvalue weighted by atomic mass is 10.0. The summed E-state index contributed by atoms with van der Waals surface area (Å²) in [4.78, 5) is 54.8. The molecule has 1 saturated heterocycles. The molecule has 2 amide bonds. The van der Waals surface area contributed by atoms with Gasteiger partial charge in [0.1, 0.15) is 34.5 Å². The molecule has 2 aliphatic rings. The number of rotatable bonds is 11. The Morgan fingerprint density at radius 3 is 2.57 bits per heavy atom. The number of carbonyl (C=O) groups excluding carboxylic acids is 3. The molecule has 2 fully saturated rings. The van der Waals surface area contributed by atoms with Crippen LogP contribution in [0, 0.1) is 12.3 Å². The van der Waals surface area contributed by atoms with Gasteiger partial charge in [0, 0.05) is 48.4 Å². The van der Waals surface area contributed by atoms with Crippen molar-refractivity contribution >= 4 is 57.8 Å². The summed E-state index contributed by atoms with van der Waals surface area (Å²) < 4.78 is 25.8. The molecule has 3 aromatic heterocycles. The molecule has 13 nitrogen and oxygen atoms in total. The van der Waals surface area contributed by atoms with Gasteiger partial charge in [-0.05, 0) is 72.4 Å². The fourth-order valence-corrected chi connectivity index (χ4v) is 7.49. The van der Waals surface area contributed by atoms with Crippen LogP contribution >= 0.6 is 23.5 Å². The van der Waals surface area contributed by atoms with Crippen LogP contribution in [0.5, 0.6) is 0 Å². The minimum Gasteiger partial charge on any atom is -0.325 e. The van der Waals surface area contributed by atoms with E-state index in [0.717, 1.165) is 11.1 Å². The lowest BCUT2D eigenvalue weighted by Gasteiger charge is -2.27. The van der Waals surface area contributed by atoms with Gasteiger partial charge in [-0.3, -0.25) is 23.6 Å². The largest absolute Gasteiger partial charge is 0.327 e. The summed E-state index contributed by atoms with van der Waals surface area (Å²) in [6, 6.07) is 9.53. The Hall–Kier alpha value is -3.84. The Labute approximate surface area is 273 Å². The topological polar surface area (TPSA) is 158 Å². The number of benzene rings is 1. The van der Waals surface area contributed by atoms with Crippen LogP contribution in [0.2, 0.25) is 0 Å². The molecule has 1 unspecified atom stereocenters. The van der Waals surface area contributed by atoms with Crippen molar-refractivity contribution in [3.63, 3.8) is 0 Å². The van der Waals surface area contributed by atoms with Gasteiger partial charge in [-0.15, -0.1) is 0 Å². The summed E-state index contributed by atoms with van der Waals surface area (Å²) in [7, 11) is -3.30. The van der Waals surface area contributed by atoms with Crippen molar-refractivity contribution in [2.45, 2.75) is 52.2 Å². The summed E-state index contributed by atoms with van der Waals surface area (Å²) in [6.07, 6.45) is 4.33. The Morgan fingerprint density at radius 2 is 1.87 bits per heavy atom. The lowest BCUT2D eigenvalue weighted by Crippen LogP contribution is -2.46. The number of aryl methyl sites for hydroxylation is 1. The van der Waals surface area contributed by atoms with Crippen LogP contribution in [0.4, 0.5) is 5.82 Å². The van der Waals surface area contributed by atoms with Crippen LogP contribution in [0.25, 0.3) is 22.0 Å². The molecule has 1 aromatic carbocycles. The number of anilines is 1. The SMILES string of the molecule is CCOP(C)(=O)OC[C@@]12C[C@@H]1N(C(=O)Cn1nc(C(C)=O)c3cc(-c4cnc(C)nc4)ccc31)[C@H](C(=O)Nc1cccc(Br)n1)C2. The smallest absolute Gasteiger partial charge is 0.325 e. The van der Waals surface area contributed by atoms with Gasteiger partial charge >= 0.3 is 7.60 Å². The van der Waals surface area contributed by atoms with Gasteiger partial charge in [-0.25, -0.2) is 15.0 Å². The molecule has 1 aliphatic carbocycles. The third kappa shape index (κ3) is 6.39. The first kappa shape index (κ1) is 32.1. The Balaban J connectivity index is 1.29. The number of ketones is 1. The predicted molar refractivity (Wildman–Crippen MR) is 173 cm³/mol. The van der Waals surface area contributed by atoms with E-state index in [4.69, 9.17) is 9.05 Å². The van der Waals surface area contributed by atoms with Crippen LogP contribution in [0.1, 0.15) is 43.0 Å². The maximum Gasteiger partial charge on any atom is 0.327 e. The van der Waals surface area contributed by atoms with E-state index in [1.807, 2.05) is 18.2 Å². The molecule has 0 radical (unpaired) electrons. The van der Waals surface area contributed by atoms with Gasteiger partial charge in [-0.1, -0.05) is 12.1 Å². The van der Waals surface area contributed by atoms with Crippen LogP contribution in [-0.2, 0) is 29.7 Å². The van der Waals surface area contributed by atoms with Crippen molar-refractivity contribution in [1.29, 1.82) is 0 Å². The molecule has 6 rings (SSSR count). The molecule has 1 aliphatic heterocycles. The Morgan fingerprint density at radius 1 is 1.11 bits per heavy atom. The average molecular weight is 711 g/mol. The number of aromatic nitrogens is 5. The van der Waals surface area contributed by atoms with Crippen molar-refractivity contribution in [2.75, 3.05) is 25.2 Å². The minimum atomic E-state index is -3.30. The number of hydrogen-bond acceptors (Lipinski definition) is 10. The van der Waals surface area contributed by atoms with Gasteiger partial charge in [0.15, 0.2) is 5.78 Å². The van der Waals surface area contributed by atoms with Gasteiger partial charge in [0.05, 0.1) is 18.7 Å². The van der Waals surface area contributed by atoms with Gasteiger partial charge < -0.3 is 19.3 Å². The Bertz CT molecular complexity index is 1900. The zero-order chi connectivity index (χ0) is 32.8. The van der Waals surface area contributed by atoms with Crippen LogP contribution in [-0.4, -0.2) is 79.2 Å². The number of likely N-dealkylation sites (tertiary alicyclic amines) is 1. The van der Waals surface area contributed by atoms with E-state index in [9.17, 15) is 18.9 Å². The van der Waals surface area contributed by atoms with E-state index < -0.39 is 25.0 Å². The fraction of sp³-hybridized carbons (Fsp3) is 0.387. The standard InChI is InChI=1S/C31H33BrN7O6P/c1-5-44-46(4,43)45-17-31-12-24(30(42)36-27-8-6-7-26(32)35-27)39(25(31)13-31)28(41)16-38-23-10-9-20(21-14-33-19(3)34-15-21)11-22(23)29(37-38)18(2)40/h6-11,14-15,24-25H,5,12-13,16-17H2,1-4H3,(H,35,36,42)/t24-,25-,31+,46?/m0/s1. The van der Waals surface area contributed by atoms with Crippen molar-refractivity contribution in [1.82, 2.24) is 29.6 Å². The van der Waals surface area contributed by atoms with Crippen LogP contribution < -0.4 is 5.32 Å². The van der Waals surface area contributed by atoms with Gasteiger partial charge in [0.25, 0.3) is 0 Å². The predicted octanol–water partition coefficient (Wildman–Crippen LogP) is 5.04. The number of piperidine rings is 1. The Kier molecular flexibility index (Phi) is 8.66. The second kappa shape index (κ2) is 12.4. The monoisotopic (exact) mass is 709 g/mol. The third-order valence-corrected chi connectivity index (χ3v) is 10.2. The second-order valence-electron chi connectivity index (χ2n) is 11.7. The minimum absolute atomic E-state index is 0.0822. The maximum atomic E-state index is 14.1. The normalized spacial score (nSPS) is 21.5. The molecule has 4 heterocycles. The molecule has 1 saturated carbocycles. The fourth-order valence-electron chi connectivity index (χ4n) is 6.12. The number of hydrogen-bond donors (Lipinski definition) is 1. The number of nitrogens with zero attached hydrogens (tertiary/aromatic N) is 6. The van der Waals surface area contributed by atoms with E-state index in [1.54, 1.807) is 49.3 Å². The van der Waals surface area contributed by atoms with Gasteiger partial charge in [-0.2, -0.15) is 5.10 Å². The van der Waals surface area contributed by atoms with E-state index in [1.165, 1.54) is 18.3 Å². The number of amides is 2. The summed E-state index contributed by atoms with van der Waals surface area (Å²) in [5.74, 6) is 0.00388. The quantitative estimate of drug-likeness (QED) is 0.127. The summed E-state index contributed by atoms with van der Waals surface area (Å²) in [6.45, 7) is 6.50.